The van der Waals surface area contributed by atoms with Gasteiger partial charge in [0.2, 0.25) is 0 Å². The van der Waals surface area contributed by atoms with E-state index in [1.54, 1.807) is 32.0 Å². The van der Waals surface area contributed by atoms with Crippen LogP contribution < -0.4 is 5.73 Å². The Morgan fingerprint density at radius 3 is 2.17 bits per heavy atom. The van der Waals surface area contributed by atoms with Crippen molar-refractivity contribution < 1.29 is 4.79 Å². The third-order valence-corrected chi connectivity index (χ3v) is 3.41. The molecule has 0 aliphatic heterocycles. The molecule has 0 spiro atoms. The van der Waals surface area contributed by atoms with Gasteiger partial charge in [-0.1, -0.05) is 43.1 Å². The van der Waals surface area contributed by atoms with Crippen LogP contribution >= 0.6 is 34.8 Å². The Bertz CT molecular complexity index is 475. The van der Waals surface area contributed by atoms with E-state index >= 15 is 0 Å². The lowest BCUT2D eigenvalue weighted by atomic mass is 9.98. The molecule has 0 radical (unpaired) electrons. The van der Waals surface area contributed by atoms with Crippen molar-refractivity contribution in [3.63, 3.8) is 0 Å². The highest BCUT2D eigenvalue weighted by atomic mass is 35.5. The summed E-state index contributed by atoms with van der Waals surface area (Å²) in [6, 6.07) is 5.05. The smallest absolute Gasteiger partial charge is 0.164 e. The molecule has 5 heteroatoms. The molecule has 0 fully saturated rings. The van der Waals surface area contributed by atoms with Gasteiger partial charge >= 0.3 is 0 Å². The molecule has 0 aromatic heterocycles. The highest BCUT2D eigenvalue weighted by Gasteiger charge is 2.19. The van der Waals surface area contributed by atoms with Crippen molar-refractivity contribution in [1.29, 1.82) is 0 Å². The van der Waals surface area contributed by atoms with Gasteiger partial charge in [-0.15, -0.1) is 11.6 Å². The molecule has 0 unspecified atom stereocenters. The average molecular weight is 307 g/mol. The molecule has 18 heavy (non-hydrogen) atoms. The molecular formula is C13H14Cl3NO. The van der Waals surface area contributed by atoms with Gasteiger partial charge in [0.25, 0.3) is 0 Å². The summed E-state index contributed by atoms with van der Waals surface area (Å²) < 4.78 is 0. The summed E-state index contributed by atoms with van der Waals surface area (Å²) in [4.78, 5) is 12.0. The molecule has 1 aromatic carbocycles. The monoisotopic (exact) mass is 305 g/mol. The van der Waals surface area contributed by atoms with Gasteiger partial charge in [-0.3, -0.25) is 4.79 Å². The number of carbonyl (C=O) groups excluding carboxylic acids is 1. The van der Waals surface area contributed by atoms with Crippen LogP contribution in [0, 0.1) is 5.92 Å². The number of nitrogens with two attached hydrogens (primary N) is 1. The van der Waals surface area contributed by atoms with Crippen molar-refractivity contribution in [3.8, 4) is 0 Å². The normalized spacial score (nSPS) is 12.6. The lowest BCUT2D eigenvalue weighted by Crippen LogP contribution is -2.17. The number of carbonyl (C=O) groups is 1. The van der Waals surface area contributed by atoms with Crippen molar-refractivity contribution in [2.24, 2.45) is 11.7 Å². The standard InChI is InChI=1S/C13H14Cl3NO/c1-7(2)13(18)8(6-14)12(17)11-9(15)4-3-5-10(11)16/h3-5,7H,6,17H2,1-2H3/b12-8-. The van der Waals surface area contributed by atoms with E-state index in [-0.39, 0.29) is 23.3 Å². The molecule has 0 saturated carbocycles. The molecule has 0 aliphatic rings. The van der Waals surface area contributed by atoms with Crippen LogP contribution in [0.5, 0.6) is 0 Å². The van der Waals surface area contributed by atoms with Crippen LogP contribution in [0.15, 0.2) is 23.8 Å². The Labute approximate surface area is 122 Å². The van der Waals surface area contributed by atoms with E-state index in [1.165, 1.54) is 0 Å². The number of ketones is 1. The Kier molecular flexibility index (Phi) is 5.51. The van der Waals surface area contributed by atoms with E-state index in [2.05, 4.69) is 0 Å². The molecule has 0 bridgehead atoms. The summed E-state index contributed by atoms with van der Waals surface area (Å²) >= 11 is 17.9. The van der Waals surface area contributed by atoms with Crippen LogP contribution in [-0.2, 0) is 4.79 Å². The van der Waals surface area contributed by atoms with Crippen molar-refractivity contribution in [3.05, 3.63) is 39.4 Å². The van der Waals surface area contributed by atoms with Gasteiger partial charge in [0.1, 0.15) is 0 Å². The Hall–Kier alpha value is -0.700. The highest BCUT2D eigenvalue weighted by molar-refractivity contribution is 6.38. The minimum absolute atomic E-state index is 0.0321. The first-order valence-electron chi connectivity index (χ1n) is 5.43. The Morgan fingerprint density at radius 2 is 1.78 bits per heavy atom. The predicted octanol–water partition coefficient (Wildman–Crippen LogP) is 4.13. The SMILES string of the molecule is CC(C)C(=O)/C(CCl)=C(\N)c1c(Cl)cccc1Cl. The summed E-state index contributed by atoms with van der Waals surface area (Å²) in [6.45, 7) is 3.58. The summed E-state index contributed by atoms with van der Waals surface area (Å²) in [5.41, 5.74) is 7.06. The number of allylic oxidation sites excluding steroid dienone is 1. The maximum Gasteiger partial charge on any atom is 0.164 e. The number of halogens is 3. The maximum absolute atomic E-state index is 12.0. The second-order valence-electron chi connectivity index (χ2n) is 4.14. The van der Waals surface area contributed by atoms with Crippen LogP contribution in [0.3, 0.4) is 0 Å². The minimum atomic E-state index is -0.182. The molecule has 1 rings (SSSR count). The number of rotatable bonds is 4. The van der Waals surface area contributed by atoms with E-state index in [9.17, 15) is 4.79 Å². The molecular weight excluding hydrogens is 293 g/mol. The fraction of sp³-hybridized carbons (Fsp3) is 0.308. The molecule has 0 amide bonds. The van der Waals surface area contributed by atoms with Gasteiger partial charge in [-0.25, -0.2) is 0 Å². The fourth-order valence-electron chi connectivity index (χ4n) is 1.53. The zero-order valence-electron chi connectivity index (χ0n) is 10.1. The van der Waals surface area contributed by atoms with Crippen LogP contribution in [0.2, 0.25) is 10.0 Å². The molecule has 1 aromatic rings. The number of hydrogen-bond donors (Lipinski definition) is 1. The molecule has 2 nitrogen and oxygen atoms in total. The van der Waals surface area contributed by atoms with Crippen molar-refractivity contribution in [2.75, 3.05) is 5.88 Å². The number of hydrogen-bond acceptors (Lipinski definition) is 2. The quantitative estimate of drug-likeness (QED) is 0.671. The van der Waals surface area contributed by atoms with E-state index in [1.807, 2.05) is 0 Å². The zero-order valence-corrected chi connectivity index (χ0v) is 12.4. The van der Waals surface area contributed by atoms with Gasteiger partial charge in [0.05, 0.1) is 15.9 Å². The van der Waals surface area contributed by atoms with Crippen molar-refractivity contribution in [2.45, 2.75) is 13.8 Å². The second-order valence-corrected chi connectivity index (χ2v) is 5.22. The number of benzene rings is 1. The minimum Gasteiger partial charge on any atom is -0.398 e. The van der Waals surface area contributed by atoms with Gasteiger partial charge in [-0.2, -0.15) is 0 Å². The second kappa shape index (κ2) is 6.46. The van der Waals surface area contributed by atoms with Gasteiger partial charge in [-0.05, 0) is 12.1 Å². The molecule has 0 atom stereocenters. The molecule has 0 saturated heterocycles. The lowest BCUT2D eigenvalue weighted by Gasteiger charge is -2.13. The van der Waals surface area contributed by atoms with Crippen LogP contribution in [0.4, 0.5) is 0 Å². The van der Waals surface area contributed by atoms with Crippen molar-refractivity contribution in [1.82, 2.24) is 0 Å². The van der Waals surface area contributed by atoms with Gasteiger partial charge < -0.3 is 5.73 Å². The first-order valence-corrected chi connectivity index (χ1v) is 6.72. The Morgan fingerprint density at radius 1 is 1.28 bits per heavy atom. The summed E-state index contributed by atoms with van der Waals surface area (Å²) in [6.07, 6.45) is 0. The first kappa shape index (κ1) is 15.4. The maximum atomic E-state index is 12.0. The third kappa shape index (κ3) is 3.19. The molecule has 98 valence electrons. The summed E-state index contributed by atoms with van der Waals surface area (Å²) in [5.74, 6) is -0.248. The van der Waals surface area contributed by atoms with Gasteiger partial charge in [0.15, 0.2) is 5.78 Å². The number of Topliss-reactive ketones (excluding diaryl/α,β-unsaturated/α-hetero) is 1. The zero-order chi connectivity index (χ0) is 13.9. The molecule has 2 N–H and O–H groups in total. The summed E-state index contributed by atoms with van der Waals surface area (Å²) in [7, 11) is 0. The van der Waals surface area contributed by atoms with Crippen LogP contribution in [0.1, 0.15) is 19.4 Å². The topological polar surface area (TPSA) is 43.1 Å². The van der Waals surface area contributed by atoms with Crippen molar-refractivity contribution >= 4 is 46.3 Å². The molecule has 0 aliphatic carbocycles. The fourth-order valence-corrected chi connectivity index (χ4v) is 2.40. The largest absolute Gasteiger partial charge is 0.398 e. The van der Waals surface area contributed by atoms with E-state index in [4.69, 9.17) is 40.5 Å². The number of alkyl halides is 1. The van der Waals surface area contributed by atoms with Crippen LogP contribution in [-0.4, -0.2) is 11.7 Å². The highest BCUT2D eigenvalue weighted by Crippen LogP contribution is 2.31. The Balaban J connectivity index is 3.41. The first-order chi connectivity index (χ1) is 8.40. The van der Waals surface area contributed by atoms with E-state index in [0.717, 1.165) is 0 Å². The summed E-state index contributed by atoms with van der Waals surface area (Å²) in [5, 5.41) is 0.804. The van der Waals surface area contributed by atoms with Gasteiger partial charge in [0, 0.05) is 22.8 Å². The van der Waals surface area contributed by atoms with E-state index in [0.29, 0.717) is 21.2 Å². The molecule has 0 heterocycles. The van der Waals surface area contributed by atoms with Crippen LogP contribution in [0.25, 0.3) is 5.70 Å². The third-order valence-electron chi connectivity index (χ3n) is 2.51. The average Bonchev–Trinajstić information content (AvgIpc) is 2.29. The predicted molar refractivity (Wildman–Crippen MR) is 78.1 cm³/mol. The van der Waals surface area contributed by atoms with E-state index < -0.39 is 0 Å². The lowest BCUT2D eigenvalue weighted by molar-refractivity contribution is -0.118.